The lowest BCUT2D eigenvalue weighted by Crippen LogP contribution is -2.41. The fraction of sp³-hybridized carbons (Fsp3) is 0.438. The summed E-state index contributed by atoms with van der Waals surface area (Å²) in [6.07, 6.45) is -0.320. The molecular formula is C16H19ClN4O2. The van der Waals surface area contributed by atoms with E-state index in [0.29, 0.717) is 24.7 Å². The summed E-state index contributed by atoms with van der Waals surface area (Å²) in [6, 6.07) is 7.49. The van der Waals surface area contributed by atoms with E-state index in [1.54, 1.807) is 4.90 Å². The van der Waals surface area contributed by atoms with Gasteiger partial charge in [0.2, 0.25) is 0 Å². The lowest BCUT2D eigenvalue weighted by atomic mass is 10.2. The van der Waals surface area contributed by atoms with Crippen LogP contribution in [-0.2, 0) is 17.8 Å². The minimum atomic E-state index is -0.503. The first-order valence-electron chi connectivity index (χ1n) is 7.49. The monoisotopic (exact) mass is 334 g/mol. The van der Waals surface area contributed by atoms with E-state index in [1.165, 1.54) is 0 Å². The zero-order valence-electron chi connectivity index (χ0n) is 13.4. The second-order valence-electron chi connectivity index (χ2n) is 6.50. The van der Waals surface area contributed by atoms with Crippen molar-refractivity contribution in [3.63, 3.8) is 0 Å². The van der Waals surface area contributed by atoms with Crippen molar-refractivity contribution in [2.24, 2.45) is 0 Å². The number of nitrogens with zero attached hydrogens (tertiary/aromatic N) is 4. The van der Waals surface area contributed by atoms with E-state index in [9.17, 15) is 4.79 Å². The molecule has 0 N–H and O–H groups in total. The summed E-state index contributed by atoms with van der Waals surface area (Å²) < 4.78 is 7.44. The minimum Gasteiger partial charge on any atom is -0.444 e. The molecule has 6 nitrogen and oxygen atoms in total. The summed E-state index contributed by atoms with van der Waals surface area (Å²) in [5.41, 5.74) is 0.454. The Morgan fingerprint density at radius 2 is 1.87 bits per heavy atom. The Hall–Kier alpha value is -2.08. The number of fused-ring (bicyclic) bond motifs is 1. The van der Waals surface area contributed by atoms with Crippen molar-refractivity contribution < 1.29 is 9.53 Å². The number of ether oxygens (including phenoxy) is 1. The van der Waals surface area contributed by atoms with Gasteiger partial charge in [0.05, 0.1) is 6.54 Å². The lowest BCUT2D eigenvalue weighted by molar-refractivity contribution is 0.0196. The van der Waals surface area contributed by atoms with Gasteiger partial charge in [-0.2, -0.15) is 0 Å². The average Bonchev–Trinajstić information content (AvgIpc) is 2.89. The molecule has 0 fully saturated rings. The standard InChI is InChI=1S/C16H19ClN4O2/c1-16(2,3)23-15(22)20-8-9-21-13(10-20)18-19-14(21)11-4-6-12(17)7-5-11/h4-7H,8-10H2,1-3H3. The van der Waals surface area contributed by atoms with Crippen LogP contribution >= 0.6 is 11.6 Å². The Bertz CT molecular complexity index is 719. The fourth-order valence-corrected chi connectivity index (χ4v) is 2.58. The van der Waals surface area contributed by atoms with Gasteiger partial charge in [-0.1, -0.05) is 11.6 Å². The number of halogens is 1. The number of hydrogen-bond acceptors (Lipinski definition) is 4. The van der Waals surface area contributed by atoms with Crippen molar-refractivity contribution in [2.75, 3.05) is 6.54 Å². The molecule has 23 heavy (non-hydrogen) atoms. The molecule has 2 heterocycles. The van der Waals surface area contributed by atoms with Crippen LogP contribution in [-0.4, -0.2) is 37.9 Å². The molecule has 1 aromatic carbocycles. The molecule has 0 atom stereocenters. The first-order valence-corrected chi connectivity index (χ1v) is 7.87. The van der Waals surface area contributed by atoms with Gasteiger partial charge in [-0.25, -0.2) is 4.79 Å². The van der Waals surface area contributed by atoms with Crippen LogP contribution in [0.3, 0.4) is 0 Å². The van der Waals surface area contributed by atoms with Crippen molar-refractivity contribution in [1.29, 1.82) is 0 Å². The molecule has 1 amide bonds. The van der Waals surface area contributed by atoms with E-state index in [2.05, 4.69) is 10.2 Å². The van der Waals surface area contributed by atoms with Gasteiger partial charge in [0.1, 0.15) is 5.60 Å². The molecule has 7 heteroatoms. The number of carbonyl (C=O) groups is 1. The Balaban J connectivity index is 1.79. The van der Waals surface area contributed by atoms with E-state index in [0.717, 1.165) is 17.2 Å². The van der Waals surface area contributed by atoms with Crippen molar-refractivity contribution in [3.05, 3.63) is 35.1 Å². The zero-order valence-corrected chi connectivity index (χ0v) is 14.2. The second-order valence-corrected chi connectivity index (χ2v) is 6.94. The maximum atomic E-state index is 12.2. The normalized spacial score (nSPS) is 14.5. The molecular weight excluding hydrogens is 316 g/mol. The lowest BCUT2D eigenvalue weighted by Gasteiger charge is -2.30. The summed E-state index contributed by atoms with van der Waals surface area (Å²) in [7, 11) is 0. The first kappa shape index (κ1) is 15.8. The fourth-order valence-electron chi connectivity index (χ4n) is 2.45. The topological polar surface area (TPSA) is 60.2 Å². The van der Waals surface area contributed by atoms with Crippen LogP contribution in [0.5, 0.6) is 0 Å². The van der Waals surface area contributed by atoms with Crippen LogP contribution < -0.4 is 0 Å². The Labute approximate surface area is 140 Å². The van der Waals surface area contributed by atoms with Crippen molar-refractivity contribution in [3.8, 4) is 11.4 Å². The third kappa shape index (κ3) is 3.47. The van der Waals surface area contributed by atoms with Crippen LogP contribution in [0.2, 0.25) is 5.02 Å². The molecule has 1 aromatic heterocycles. The van der Waals surface area contributed by atoms with Gasteiger partial charge in [-0.15, -0.1) is 10.2 Å². The number of hydrogen-bond donors (Lipinski definition) is 0. The smallest absolute Gasteiger partial charge is 0.410 e. The molecule has 0 bridgehead atoms. The molecule has 122 valence electrons. The predicted octanol–water partition coefficient (Wildman–Crippen LogP) is 3.35. The second kappa shape index (κ2) is 5.85. The number of rotatable bonds is 1. The summed E-state index contributed by atoms with van der Waals surface area (Å²) in [4.78, 5) is 13.8. The third-order valence-corrected chi connectivity index (χ3v) is 3.76. The SMILES string of the molecule is CC(C)(C)OC(=O)N1CCn2c(nnc2-c2ccc(Cl)cc2)C1. The summed E-state index contributed by atoms with van der Waals surface area (Å²) in [5.74, 6) is 1.55. The zero-order chi connectivity index (χ0) is 16.6. The molecule has 0 saturated heterocycles. The summed E-state index contributed by atoms with van der Waals surface area (Å²) in [5, 5.41) is 9.16. The van der Waals surface area contributed by atoms with E-state index in [1.807, 2.05) is 49.6 Å². The molecule has 3 rings (SSSR count). The number of amides is 1. The number of aromatic nitrogens is 3. The Morgan fingerprint density at radius 1 is 1.17 bits per heavy atom. The van der Waals surface area contributed by atoms with E-state index in [-0.39, 0.29) is 6.09 Å². The van der Waals surface area contributed by atoms with Gasteiger partial charge in [-0.05, 0) is 45.0 Å². The van der Waals surface area contributed by atoms with Crippen LogP contribution in [0.1, 0.15) is 26.6 Å². The van der Waals surface area contributed by atoms with Crippen LogP contribution in [0.4, 0.5) is 4.79 Å². The van der Waals surface area contributed by atoms with Crippen LogP contribution in [0.15, 0.2) is 24.3 Å². The molecule has 0 saturated carbocycles. The van der Waals surface area contributed by atoms with Crippen molar-refractivity contribution >= 4 is 17.7 Å². The van der Waals surface area contributed by atoms with Gasteiger partial charge in [0.15, 0.2) is 11.6 Å². The highest BCUT2D eigenvalue weighted by atomic mass is 35.5. The molecule has 0 unspecified atom stereocenters. The maximum absolute atomic E-state index is 12.2. The van der Waals surface area contributed by atoms with E-state index in [4.69, 9.17) is 16.3 Å². The quantitative estimate of drug-likeness (QED) is 0.802. The minimum absolute atomic E-state index is 0.320. The largest absolute Gasteiger partial charge is 0.444 e. The number of benzene rings is 1. The van der Waals surface area contributed by atoms with Crippen molar-refractivity contribution in [1.82, 2.24) is 19.7 Å². The molecule has 1 aliphatic heterocycles. The Morgan fingerprint density at radius 3 is 2.52 bits per heavy atom. The van der Waals surface area contributed by atoms with Gasteiger partial charge in [0, 0.05) is 23.7 Å². The molecule has 0 spiro atoms. The highest BCUT2D eigenvalue weighted by Gasteiger charge is 2.28. The van der Waals surface area contributed by atoms with Crippen LogP contribution in [0, 0.1) is 0 Å². The molecule has 2 aromatic rings. The Kier molecular flexibility index (Phi) is 4.02. The number of carbonyl (C=O) groups excluding carboxylic acids is 1. The highest BCUT2D eigenvalue weighted by molar-refractivity contribution is 6.30. The van der Waals surface area contributed by atoms with Crippen LogP contribution in [0.25, 0.3) is 11.4 Å². The summed E-state index contributed by atoms with van der Waals surface area (Å²) in [6.45, 7) is 7.18. The molecule has 0 aliphatic carbocycles. The van der Waals surface area contributed by atoms with Gasteiger partial charge < -0.3 is 9.30 Å². The van der Waals surface area contributed by atoms with Crippen molar-refractivity contribution in [2.45, 2.75) is 39.5 Å². The van der Waals surface area contributed by atoms with Gasteiger partial charge in [-0.3, -0.25) is 4.90 Å². The molecule has 1 aliphatic rings. The first-order chi connectivity index (χ1) is 10.8. The van der Waals surface area contributed by atoms with Gasteiger partial charge in [0.25, 0.3) is 0 Å². The third-order valence-electron chi connectivity index (χ3n) is 3.51. The summed E-state index contributed by atoms with van der Waals surface area (Å²) >= 11 is 5.92. The van der Waals surface area contributed by atoms with E-state index >= 15 is 0 Å². The highest BCUT2D eigenvalue weighted by Crippen LogP contribution is 2.24. The maximum Gasteiger partial charge on any atom is 0.410 e. The van der Waals surface area contributed by atoms with Gasteiger partial charge >= 0.3 is 6.09 Å². The molecule has 0 radical (unpaired) electrons. The van der Waals surface area contributed by atoms with E-state index < -0.39 is 5.60 Å². The average molecular weight is 335 g/mol. The predicted molar refractivity (Wildman–Crippen MR) is 87.1 cm³/mol.